The fraction of sp³-hybridized carbons (Fsp3) is 0.350. The summed E-state index contributed by atoms with van der Waals surface area (Å²) in [7, 11) is 0. The second-order valence-electron chi connectivity index (χ2n) is 6.46. The molecule has 1 aliphatic heterocycles. The molecule has 1 fully saturated rings. The minimum Gasteiger partial charge on any atom is -0.480 e. The molecule has 0 aromatic heterocycles. The molecule has 3 nitrogen and oxygen atoms in total. The lowest BCUT2D eigenvalue weighted by Gasteiger charge is -2.39. The number of rotatable bonds is 4. The summed E-state index contributed by atoms with van der Waals surface area (Å²) in [6, 6.07) is 15.5. The molecule has 4 heteroatoms. The van der Waals surface area contributed by atoms with Crippen molar-refractivity contribution >= 4 is 17.6 Å². The molecule has 24 heavy (non-hydrogen) atoms. The highest BCUT2D eigenvalue weighted by molar-refractivity contribution is 6.30. The molecule has 1 N–H and O–H groups in total. The average molecular weight is 344 g/mol. The molecular weight excluding hydrogens is 322 g/mol. The molecule has 2 unspecified atom stereocenters. The maximum absolute atomic E-state index is 11.8. The highest BCUT2D eigenvalue weighted by atomic mass is 35.5. The van der Waals surface area contributed by atoms with Gasteiger partial charge in [-0.1, -0.05) is 60.0 Å². The zero-order chi connectivity index (χ0) is 17.1. The molecule has 1 aliphatic rings. The number of likely N-dealkylation sites (tertiary alicyclic amines) is 1. The van der Waals surface area contributed by atoms with E-state index in [1.165, 1.54) is 5.56 Å². The molecule has 0 amide bonds. The Morgan fingerprint density at radius 1 is 1.17 bits per heavy atom. The quantitative estimate of drug-likeness (QED) is 0.876. The lowest BCUT2D eigenvalue weighted by Crippen LogP contribution is -2.46. The van der Waals surface area contributed by atoms with Crippen molar-refractivity contribution < 1.29 is 9.90 Å². The van der Waals surface area contributed by atoms with Gasteiger partial charge < -0.3 is 5.11 Å². The first-order valence-corrected chi connectivity index (χ1v) is 8.74. The number of benzene rings is 2. The second-order valence-corrected chi connectivity index (χ2v) is 6.90. The molecular formula is C20H22ClNO2. The smallest absolute Gasteiger partial charge is 0.320 e. The first-order chi connectivity index (χ1) is 11.6. The molecule has 0 radical (unpaired) electrons. The number of aryl methyl sites for hydroxylation is 1. The van der Waals surface area contributed by atoms with Crippen LogP contribution >= 0.6 is 11.6 Å². The van der Waals surface area contributed by atoms with Gasteiger partial charge in [0.25, 0.3) is 0 Å². The number of aliphatic carboxylic acids is 1. The minimum atomic E-state index is -0.741. The van der Waals surface area contributed by atoms with E-state index >= 15 is 0 Å². The zero-order valence-corrected chi connectivity index (χ0v) is 14.5. The van der Waals surface area contributed by atoms with Crippen molar-refractivity contribution in [2.75, 3.05) is 6.54 Å². The van der Waals surface area contributed by atoms with Crippen LogP contribution in [0.25, 0.3) is 0 Å². The summed E-state index contributed by atoms with van der Waals surface area (Å²) < 4.78 is 0. The van der Waals surface area contributed by atoms with Gasteiger partial charge in [0.05, 0.1) is 6.04 Å². The molecule has 0 spiro atoms. The third kappa shape index (κ3) is 3.63. The van der Waals surface area contributed by atoms with Gasteiger partial charge in [0, 0.05) is 5.02 Å². The van der Waals surface area contributed by atoms with Gasteiger partial charge in [-0.15, -0.1) is 0 Å². The van der Waals surface area contributed by atoms with Crippen molar-refractivity contribution in [3.05, 3.63) is 70.2 Å². The maximum atomic E-state index is 11.8. The molecule has 126 valence electrons. The van der Waals surface area contributed by atoms with Crippen LogP contribution in [0.3, 0.4) is 0 Å². The van der Waals surface area contributed by atoms with Crippen LogP contribution in [0.15, 0.2) is 48.5 Å². The molecule has 2 atom stereocenters. The van der Waals surface area contributed by atoms with Gasteiger partial charge >= 0.3 is 5.97 Å². The van der Waals surface area contributed by atoms with E-state index in [0.717, 1.165) is 30.5 Å². The Kier molecular flexibility index (Phi) is 5.22. The SMILES string of the molecule is Cc1cccc(C(c2cccc(Cl)c2)N2CCCCC2C(=O)O)c1. The summed E-state index contributed by atoms with van der Waals surface area (Å²) in [5, 5.41) is 10.4. The first-order valence-electron chi connectivity index (χ1n) is 8.37. The number of hydrogen-bond acceptors (Lipinski definition) is 2. The number of hydrogen-bond donors (Lipinski definition) is 1. The number of carboxylic acid groups (broad SMARTS) is 1. The van der Waals surface area contributed by atoms with Crippen LogP contribution in [0.5, 0.6) is 0 Å². The van der Waals surface area contributed by atoms with E-state index in [0.29, 0.717) is 11.4 Å². The first kappa shape index (κ1) is 17.0. The number of halogens is 1. The Bertz CT molecular complexity index is 686. The van der Waals surface area contributed by atoms with E-state index in [4.69, 9.17) is 11.6 Å². The Morgan fingerprint density at radius 3 is 2.54 bits per heavy atom. The van der Waals surface area contributed by atoms with E-state index < -0.39 is 12.0 Å². The van der Waals surface area contributed by atoms with Gasteiger partial charge in [-0.2, -0.15) is 0 Å². The normalized spacial score (nSPS) is 19.8. The summed E-state index contributed by atoms with van der Waals surface area (Å²) in [6.07, 6.45) is 2.68. The molecule has 2 aromatic rings. The van der Waals surface area contributed by atoms with Crippen molar-refractivity contribution in [1.82, 2.24) is 4.90 Å². The third-order valence-corrected chi connectivity index (χ3v) is 4.92. The Morgan fingerprint density at radius 2 is 1.88 bits per heavy atom. The molecule has 3 rings (SSSR count). The highest BCUT2D eigenvalue weighted by Crippen LogP contribution is 2.35. The second kappa shape index (κ2) is 7.37. The van der Waals surface area contributed by atoms with Gasteiger partial charge in [0.15, 0.2) is 0 Å². The van der Waals surface area contributed by atoms with Crippen LogP contribution in [-0.4, -0.2) is 28.6 Å². The largest absolute Gasteiger partial charge is 0.480 e. The molecule has 2 aromatic carbocycles. The van der Waals surface area contributed by atoms with Gasteiger partial charge in [-0.3, -0.25) is 9.69 Å². The molecule has 1 saturated heterocycles. The lowest BCUT2D eigenvalue weighted by atomic mass is 9.91. The van der Waals surface area contributed by atoms with Gasteiger partial charge in [-0.25, -0.2) is 0 Å². The van der Waals surface area contributed by atoms with Crippen LogP contribution in [-0.2, 0) is 4.79 Å². The van der Waals surface area contributed by atoms with Crippen molar-refractivity contribution in [2.45, 2.75) is 38.3 Å². The van der Waals surface area contributed by atoms with E-state index in [-0.39, 0.29) is 6.04 Å². The van der Waals surface area contributed by atoms with Crippen LogP contribution < -0.4 is 0 Å². The highest BCUT2D eigenvalue weighted by Gasteiger charge is 2.35. The fourth-order valence-corrected chi connectivity index (χ4v) is 3.82. The summed E-state index contributed by atoms with van der Waals surface area (Å²) in [6.45, 7) is 2.84. The average Bonchev–Trinajstić information content (AvgIpc) is 2.56. The molecule has 0 bridgehead atoms. The number of carboxylic acids is 1. The Labute approximate surface area is 147 Å². The third-order valence-electron chi connectivity index (χ3n) is 4.68. The summed E-state index contributed by atoms with van der Waals surface area (Å²) in [4.78, 5) is 13.9. The number of piperidine rings is 1. The van der Waals surface area contributed by atoms with Crippen molar-refractivity contribution in [3.8, 4) is 0 Å². The van der Waals surface area contributed by atoms with Gasteiger partial charge in [0.1, 0.15) is 6.04 Å². The Balaban J connectivity index is 2.09. The van der Waals surface area contributed by atoms with Gasteiger partial charge in [0.2, 0.25) is 0 Å². The van der Waals surface area contributed by atoms with Crippen molar-refractivity contribution in [2.24, 2.45) is 0 Å². The zero-order valence-electron chi connectivity index (χ0n) is 13.8. The van der Waals surface area contributed by atoms with E-state index in [1.807, 2.05) is 30.3 Å². The topological polar surface area (TPSA) is 40.5 Å². The summed E-state index contributed by atoms with van der Waals surface area (Å²) in [5.41, 5.74) is 3.33. The molecule has 0 aliphatic carbocycles. The lowest BCUT2D eigenvalue weighted by molar-refractivity contribution is -0.145. The molecule has 1 heterocycles. The predicted molar refractivity (Wildman–Crippen MR) is 96.5 cm³/mol. The van der Waals surface area contributed by atoms with Crippen molar-refractivity contribution in [3.63, 3.8) is 0 Å². The van der Waals surface area contributed by atoms with E-state index in [1.54, 1.807) is 0 Å². The van der Waals surface area contributed by atoms with Crippen LogP contribution in [0.2, 0.25) is 5.02 Å². The summed E-state index contributed by atoms with van der Waals surface area (Å²) in [5.74, 6) is -0.741. The summed E-state index contributed by atoms with van der Waals surface area (Å²) >= 11 is 6.21. The fourth-order valence-electron chi connectivity index (χ4n) is 3.62. The van der Waals surface area contributed by atoms with E-state index in [9.17, 15) is 9.90 Å². The number of carbonyl (C=O) groups is 1. The maximum Gasteiger partial charge on any atom is 0.320 e. The van der Waals surface area contributed by atoms with Crippen LogP contribution in [0.4, 0.5) is 0 Å². The molecule has 0 saturated carbocycles. The van der Waals surface area contributed by atoms with Gasteiger partial charge in [-0.05, 0) is 49.6 Å². The van der Waals surface area contributed by atoms with Crippen molar-refractivity contribution in [1.29, 1.82) is 0 Å². The monoisotopic (exact) mass is 343 g/mol. The number of nitrogens with zero attached hydrogens (tertiary/aromatic N) is 1. The predicted octanol–water partition coefficient (Wildman–Crippen LogP) is 4.68. The minimum absolute atomic E-state index is 0.0926. The van der Waals surface area contributed by atoms with Crippen LogP contribution in [0, 0.1) is 6.92 Å². The standard InChI is InChI=1S/C20H22ClNO2/c1-14-6-4-7-15(12-14)19(16-8-5-9-17(21)13-16)22-11-3-2-10-18(22)20(23)24/h4-9,12-13,18-19H,2-3,10-11H2,1H3,(H,23,24). The Hall–Kier alpha value is -1.84. The van der Waals surface area contributed by atoms with Crippen LogP contribution in [0.1, 0.15) is 42.0 Å². The van der Waals surface area contributed by atoms with E-state index in [2.05, 4.69) is 30.0 Å².